The lowest BCUT2D eigenvalue weighted by Crippen LogP contribution is -2.36. The lowest BCUT2D eigenvalue weighted by molar-refractivity contribution is 0.0951. The fraction of sp³-hybridized carbons (Fsp3) is 0.333. The standard InChI is InChI=1S/C21H28FN5O/c1-23-21(25-14-16-7-9-19(22)10-8-16)26-15-17-5-4-6-18(13-17)20(28)24-11-12-27(2)3/h4-10,13H,11-12,14-15H2,1-3H3,(H,24,28)(H2,23,25,26). The largest absolute Gasteiger partial charge is 0.352 e. The number of benzene rings is 2. The highest BCUT2D eigenvalue weighted by Crippen LogP contribution is 2.06. The molecule has 1 amide bonds. The molecule has 0 unspecified atom stereocenters. The Morgan fingerprint density at radius 3 is 2.32 bits per heavy atom. The van der Waals surface area contributed by atoms with Crippen LogP contribution in [-0.4, -0.2) is 51.0 Å². The maximum atomic E-state index is 13.0. The average molecular weight is 385 g/mol. The van der Waals surface area contributed by atoms with Crippen LogP contribution in [0.25, 0.3) is 0 Å². The van der Waals surface area contributed by atoms with Crippen molar-refractivity contribution in [3.05, 3.63) is 71.0 Å². The zero-order valence-corrected chi connectivity index (χ0v) is 16.6. The third kappa shape index (κ3) is 7.36. The first-order valence-electron chi connectivity index (χ1n) is 9.19. The summed E-state index contributed by atoms with van der Waals surface area (Å²) in [6, 6.07) is 13.8. The summed E-state index contributed by atoms with van der Waals surface area (Å²) in [7, 11) is 5.62. The number of carbonyl (C=O) groups is 1. The van der Waals surface area contributed by atoms with E-state index in [2.05, 4.69) is 20.9 Å². The fourth-order valence-electron chi connectivity index (χ4n) is 2.51. The van der Waals surface area contributed by atoms with Crippen LogP contribution in [0.3, 0.4) is 0 Å². The van der Waals surface area contributed by atoms with E-state index in [9.17, 15) is 9.18 Å². The van der Waals surface area contributed by atoms with E-state index in [1.54, 1.807) is 25.2 Å². The molecule has 0 radical (unpaired) electrons. The zero-order valence-electron chi connectivity index (χ0n) is 16.6. The van der Waals surface area contributed by atoms with E-state index in [1.807, 2.05) is 37.2 Å². The molecular weight excluding hydrogens is 357 g/mol. The second kappa shape index (κ2) is 11.0. The van der Waals surface area contributed by atoms with Crippen LogP contribution in [0.15, 0.2) is 53.5 Å². The quantitative estimate of drug-likeness (QED) is 0.480. The van der Waals surface area contributed by atoms with Crippen molar-refractivity contribution in [2.24, 2.45) is 4.99 Å². The summed E-state index contributed by atoms with van der Waals surface area (Å²) in [6.45, 7) is 2.47. The van der Waals surface area contributed by atoms with Gasteiger partial charge in [0.25, 0.3) is 5.91 Å². The molecule has 2 rings (SSSR count). The van der Waals surface area contributed by atoms with Crippen LogP contribution in [0.4, 0.5) is 4.39 Å². The molecule has 0 aliphatic heterocycles. The highest BCUT2D eigenvalue weighted by atomic mass is 19.1. The number of halogens is 1. The molecule has 0 fully saturated rings. The number of nitrogens with zero attached hydrogens (tertiary/aromatic N) is 2. The highest BCUT2D eigenvalue weighted by Gasteiger charge is 2.06. The molecule has 0 saturated heterocycles. The molecule has 3 N–H and O–H groups in total. The molecule has 2 aromatic rings. The fourth-order valence-corrected chi connectivity index (χ4v) is 2.51. The maximum Gasteiger partial charge on any atom is 0.251 e. The highest BCUT2D eigenvalue weighted by molar-refractivity contribution is 5.94. The van der Waals surface area contributed by atoms with Crippen LogP contribution in [0.5, 0.6) is 0 Å². The lowest BCUT2D eigenvalue weighted by atomic mass is 10.1. The molecule has 0 aliphatic carbocycles. The van der Waals surface area contributed by atoms with Crippen LogP contribution >= 0.6 is 0 Å². The smallest absolute Gasteiger partial charge is 0.251 e. The molecule has 0 bridgehead atoms. The van der Waals surface area contributed by atoms with Gasteiger partial charge in [-0.3, -0.25) is 9.79 Å². The van der Waals surface area contributed by atoms with E-state index in [4.69, 9.17) is 0 Å². The van der Waals surface area contributed by atoms with Gasteiger partial charge in [-0.25, -0.2) is 4.39 Å². The number of hydrogen-bond donors (Lipinski definition) is 3. The lowest BCUT2D eigenvalue weighted by Gasteiger charge is -2.13. The Morgan fingerprint density at radius 1 is 1.00 bits per heavy atom. The number of amides is 1. The van der Waals surface area contributed by atoms with Gasteiger partial charge in [0, 0.05) is 38.8 Å². The van der Waals surface area contributed by atoms with E-state index in [0.29, 0.717) is 31.2 Å². The van der Waals surface area contributed by atoms with Crippen LogP contribution < -0.4 is 16.0 Å². The summed E-state index contributed by atoms with van der Waals surface area (Å²) < 4.78 is 13.0. The van der Waals surface area contributed by atoms with Gasteiger partial charge in [0.15, 0.2) is 5.96 Å². The van der Waals surface area contributed by atoms with E-state index >= 15 is 0 Å². The molecule has 0 heterocycles. The molecule has 0 spiro atoms. The number of guanidine groups is 1. The van der Waals surface area contributed by atoms with Crippen molar-refractivity contribution >= 4 is 11.9 Å². The second-order valence-corrected chi connectivity index (χ2v) is 6.67. The van der Waals surface area contributed by atoms with Gasteiger partial charge >= 0.3 is 0 Å². The van der Waals surface area contributed by atoms with Gasteiger partial charge in [0.2, 0.25) is 0 Å². The molecule has 0 atom stereocenters. The van der Waals surface area contributed by atoms with Crippen LogP contribution in [0.2, 0.25) is 0 Å². The normalized spacial score (nSPS) is 11.4. The number of likely N-dealkylation sites (N-methyl/N-ethyl adjacent to an activating group) is 1. The number of hydrogen-bond acceptors (Lipinski definition) is 3. The SMILES string of the molecule is CN=C(NCc1ccc(F)cc1)NCc1cccc(C(=O)NCCN(C)C)c1. The molecule has 28 heavy (non-hydrogen) atoms. The third-order valence-corrected chi connectivity index (χ3v) is 4.09. The number of rotatable bonds is 8. The van der Waals surface area contributed by atoms with E-state index < -0.39 is 0 Å². The van der Waals surface area contributed by atoms with Gasteiger partial charge in [-0.05, 0) is 49.5 Å². The van der Waals surface area contributed by atoms with Gasteiger partial charge in [0.1, 0.15) is 5.82 Å². The third-order valence-electron chi connectivity index (χ3n) is 4.09. The van der Waals surface area contributed by atoms with E-state index in [-0.39, 0.29) is 11.7 Å². The second-order valence-electron chi connectivity index (χ2n) is 6.67. The van der Waals surface area contributed by atoms with E-state index in [1.165, 1.54) is 12.1 Å². The molecule has 7 heteroatoms. The van der Waals surface area contributed by atoms with Crippen LogP contribution in [0.1, 0.15) is 21.5 Å². The summed E-state index contributed by atoms with van der Waals surface area (Å²) in [6.07, 6.45) is 0. The number of nitrogens with one attached hydrogen (secondary N) is 3. The molecule has 2 aromatic carbocycles. The maximum absolute atomic E-state index is 13.0. The van der Waals surface area contributed by atoms with Crippen molar-refractivity contribution < 1.29 is 9.18 Å². The minimum Gasteiger partial charge on any atom is -0.352 e. The van der Waals surface area contributed by atoms with Gasteiger partial charge in [-0.2, -0.15) is 0 Å². The summed E-state index contributed by atoms with van der Waals surface area (Å²) in [5.41, 5.74) is 2.57. The summed E-state index contributed by atoms with van der Waals surface area (Å²) >= 11 is 0. The van der Waals surface area contributed by atoms with Crippen molar-refractivity contribution in [2.45, 2.75) is 13.1 Å². The summed E-state index contributed by atoms with van der Waals surface area (Å²) in [4.78, 5) is 18.4. The minimum atomic E-state index is -0.253. The monoisotopic (exact) mass is 385 g/mol. The van der Waals surface area contributed by atoms with Gasteiger partial charge < -0.3 is 20.9 Å². The first kappa shape index (κ1) is 21.4. The van der Waals surface area contributed by atoms with Gasteiger partial charge in [-0.1, -0.05) is 24.3 Å². The zero-order chi connectivity index (χ0) is 20.4. The van der Waals surface area contributed by atoms with Gasteiger partial charge in [-0.15, -0.1) is 0 Å². The summed E-state index contributed by atoms with van der Waals surface area (Å²) in [5.74, 6) is 0.296. The molecular formula is C21H28FN5O. The predicted molar refractivity (Wildman–Crippen MR) is 111 cm³/mol. The Hall–Kier alpha value is -2.93. The molecule has 6 nitrogen and oxygen atoms in total. The Labute approximate surface area is 165 Å². The molecule has 0 aliphatic rings. The van der Waals surface area contributed by atoms with Crippen molar-refractivity contribution in [1.29, 1.82) is 0 Å². The van der Waals surface area contributed by atoms with Crippen molar-refractivity contribution in [1.82, 2.24) is 20.9 Å². The first-order chi connectivity index (χ1) is 13.5. The predicted octanol–water partition coefficient (Wildman–Crippen LogP) is 1.98. The number of carbonyl (C=O) groups excluding carboxylic acids is 1. The molecule has 0 saturated carbocycles. The first-order valence-corrected chi connectivity index (χ1v) is 9.19. The van der Waals surface area contributed by atoms with Gasteiger partial charge in [0.05, 0.1) is 0 Å². The van der Waals surface area contributed by atoms with Crippen LogP contribution in [0, 0.1) is 5.82 Å². The van der Waals surface area contributed by atoms with E-state index in [0.717, 1.165) is 17.7 Å². The number of aliphatic imine (C=N–C) groups is 1. The Balaban J connectivity index is 1.85. The molecule has 0 aromatic heterocycles. The van der Waals surface area contributed by atoms with Crippen LogP contribution in [-0.2, 0) is 13.1 Å². The van der Waals surface area contributed by atoms with Crippen molar-refractivity contribution in [2.75, 3.05) is 34.2 Å². The Bertz CT molecular complexity index is 790. The Morgan fingerprint density at radius 2 is 1.68 bits per heavy atom. The summed E-state index contributed by atoms with van der Waals surface area (Å²) in [5, 5.41) is 9.31. The Kier molecular flexibility index (Phi) is 8.42. The van der Waals surface area contributed by atoms with Crippen molar-refractivity contribution in [3.8, 4) is 0 Å². The minimum absolute atomic E-state index is 0.0810. The average Bonchev–Trinajstić information content (AvgIpc) is 2.69. The van der Waals surface area contributed by atoms with Crippen molar-refractivity contribution in [3.63, 3.8) is 0 Å². The topological polar surface area (TPSA) is 68.8 Å². The molecule has 150 valence electrons.